The summed E-state index contributed by atoms with van der Waals surface area (Å²) in [5, 5.41) is 0. The number of rotatable bonds is 4. The third-order valence-corrected chi connectivity index (χ3v) is 6.61. The Morgan fingerprint density at radius 1 is 1.07 bits per heavy atom. The number of piperazine rings is 1. The number of aromatic nitrogens is 1. The molecule has 2 saturated heterocycles. The van der Waals surface area contributed by atoms with Crippen LogP contribution in [0.5, 0.6) is 0 Å². The van der Waals surface area contributed by atoms with Crippen molar-refractivity contribution in [3.05, 3.63) is 30.1 Å². The second kappa shape index (κ2) is 8.07. The maximum Gasteiger partial charge on any atom is 0.409 e. The highest BCUT2D eigenvalue weighted by atomic mass is 16.6. The lowest BCUT2D eigenvalue weighted by atomic mass is 9.90. The Morgan fingerprint density at radius 3 is 2.36 bits per heavy atom. The van der Waals surface area contributed by atoms with Gasteiger partial charge >= 0.3 is 6.09 Å². The fourth-order valence-electron chi connectivity index (χ4n) is 4.70. The molecule has 0 N–H and O–H groups in total. The van der Waals surface area contributed by atoms with Crippen LogP contribution in [0.3, 0.4) is 0 Å². The van der Waals surface area contributed by atoms with Gasteiger partial charge in [0.15, 0.2) is 0 Å². The molecule has 3 heterocycles. The minimum Gasteiger partial charge on any atom is -0.450 e. The van der Waals surface area contributed by atoms with E-state index in [0.717, 1.165) is 38.9 Å². The predicted octanol–water partition coefficient (Wildman–Crippen LogP) is 1.98. The fraction of sp³-hybridized carbons (Fsp3) is 0.667. The molecule has 7 heteroatoms. The Bertz CT molecular complexity index is 695. The SMILES string of the molecule is CCOC(=O)N1CCN(C(=O)[C@H]2CC23CCN(Cc2ccncc2)CC3)CC1. The van der Waals surface area contributed by atoms with Crippen molar-refractivity contribution in [1.82, 2.24) is 19.7 Å². The summed E-state index contributed by atoms with van der Waals surface area (Å²) in [5.41, 5.74) is 1.53. The molecule has 28 heavy (non-hydrogen) atoms. The number of nitrogens with zero attached hydrogens (tertiary/aromatic N) is 4. The van der Waals surface area contributed by atoms with Crippen LogP contribution >= 0.6 is 0 Å². The molecule has 0 radical (unpaired) electrons. The molecule has 0 aromatic carbocycles. The largest absolute Gasteiger partial charge is 0.450 e. The second-order valence-corrected chi connectivity index (χ2v) is 8.26. The van der Waals surface area contributed by atoms with Crippen molar-refractivity contribution in [1.29, 1.82) is 0 Å². The van der Waals surface area contributed by atoms with Gasteiger partial charge in [0.05, 0.1) is 6.61 Å². The average Bonchev–Trinajstić information content (AvgIpc) is 3.44. The molecule has 1 aromatic heterocycles. The van der Waals surface area contributed by atoms with Crippen molar-refractivity contribution >= 4 is 12.0 Å². The van der Waals surface area contributed by atoms with Crippen LogP contribution in [0.2, 0.25) is 0 Å². The molecule has 1 aromatic rings. The lowest BCUT2D eigenvalue weighted by Gasteiger charge is -2.36. The third-order valence-electron chi connectivity index (χ3n) is 6.61. The Hall–Kier alpha value is -2.15. The van der Waals surface area contributed by atoms with E-state index in [4.69, 9.17) is 4.74 Å². The maximum atomic E-state index is 13.0. The first-order valence-electron chi connectivity index (χ1n) is 10.4. The van der Waals surface area contributed by atoms with Crippen molar-refractivity contribution < 1.29 is 14.3 Å². The lowest BCUT2D eigenvalue weighted by Crippen LogP contribution is -2.51. The quantitative estimate of drug-likeness (QED) is 0.792. The highest BCUT2D eigenvalue weighted by molar-refractivity contribution is 5.83. The minimum absolute atomic E-state index is 0.185. The lowest BCUT2D eigenvalue weighted by molar-refractivity contribution is -0.135. The van der Waals surface area contributed by atoms with Gasteiger partial charge in [0.1, 0.15) is 0 Å². The van der Waals surface area contributed by atoms with Crippen LogP contribution in [0.4, 0.5) is 4.79 Å². The standard InChI is InChI=1S/C21H30N4O3/c1-2-28-20(27)25-13-11-24(12-14-25)19(26)18-15-21(18)5-9-23(10-6-21)16-17-3-7-22-8-4-17/h3-4,7-8,18H,2,5-6,9-16H2,1H3/t18-/m1/s1. The van der Waals surface area contributed by atoms with E-state index >= 15 is 0 Å². The van der Waals surface area contributed by atoms with Gasteiger partial charge in [-0.2, -0.15) is 0 Å². The second-order valence-electron chi connectivity index (χ2n) is 8.26. The average molecular weight is 386 g/mol. The van der Waals surface area contributed by atoms with E-state index in [1.165, 1.54) is 5.56 Å². The summed E-state index contributed by atoms with van der Waals surface area (Å²) in [7, 11) is 0. The molecule has 2 aliphatic heterocycles. The van der Waals surface area contributed by atoms with Crippen LogP contribution in [0.1, 0.15) is 31.7 Å². The summed E-state index contributed by atoms with van der Waals surface area (Å²) in [6.45, 7) is 7.68. The van der Waals surface area contributed by atoms with Crippen molar-refractivity contribution in [3.8, 4) is 0 Å². The monoisotopic (exact) mass is 386 g/mol. The van der Waals surface area contributed by atoms with Crippen molar-refractivity contribution in [2.45, 2.75) is 32.7 Å². The van der Waals surface area contributed by atoms with Crippen molar-refractivity contribution in [2.75, 3.05) is 45.9 Å². The number of ether oxygens (including phenoxy) is 1. The van der Waals surface area contributed by atoms with Crippen LogP contribution in [0.15, 0.2) is 24.5 Å². The van der Waals surface area contributed by atoms with Crippen LogP contribution in [0, 0.1) is 11.3 Å². The van der Waals surface area contributed by atoms with Gasteiger partial charge in [0, 0.05) is 51.0 Å². The van der Waals surface area contributed by atoms with Gasteiger partial charge in [-0.15, -0.1) is 0 Å². The molecule has 3 aliphatic rings. The molecule has 7 nitrogen and oxygen atoms in total. The van der Waals surface area contributed by atoms with E-state index in [9.17, 15) is 9.59 Å². The smallest absolute Gasteiger partial charge is 0.409 e. The molecule has 1 atom stereocenters. The topological polar surface area (TPSA) is 66.0 Å². The van der Waals surface area contributed by atoms with Crippen molar-refractivity contribution in [2.24, 2.45) is 11.3 Å². The molecule has 0 bridgehead atoms. The maximum absolute atomic E-state index is 13.0. The number of hydrogen-bond donors (Lipinski definition) is 0. The van der Waals surface area contributed by atoms with Gasteiger partial charge in [0.25, 0.3) is 0 Å². The summed E-state index contributed by atoms with van der Waals surface area (Å²) < 4.78 is 5.05. The van der Waals surface area contributed by atoms with E-state index in [2.05, 4.69) is 22.0 Å². The van der Waals surface area contributed by atoms with Crippen LogP contribution in [0.25, 0.3) is 0 Å². The van der Waals surface area contributed by atoms with Crippen molar-refractivity contribution in [3.63, 3.8) is 0 Å². The highest BCUT2D eigenvalue weighted by Gasteiger charge is 2.59. The number of pyridine rings is 1. The fourth-order valence-corrected chi connectivity index (χ4v) is 4.70. The first-order chi connectivity index (χ1) is 13.6. The zero-order chi connectivity index (χ0) is 19.6. The van der Waals surface area contributed by atoms with Crippen LogP contribution in [-0.2, 0) is 16.1 Å². The van der Waals surface area contributed by atoms with Gasteiger partial charge < -0.3 is 14.5 Å². The van der Waals surface area contributed by atoms with Gasteiger partial charge in [-0.3, -0.25) is 14.7 Å². The molecule has 1 aliphatic carbocycles. The van der Waals surface area contributed by atoms with Gasteiger partial charge in [-0.25, -0.2) is 4.79 Å². The molecular weight excluding hydrogens is 356 g/mol. The van der Waals surface area contributed by atoms with Gasteiger partial charge in [-0.1, -0.05) is 0 Å². The van der Waals surface area contributed by atoms with Crippen LogP contribution < -0.4 is 0 Å². The summed E-state index contributed by atoms with van der Waals surface area (Å²) in [5.74, 6) is 0.482. The molecule has 1 saturated carbocycles. The van der Waals surface area contributed by atoms with Crippen LogP contribution in [-0.4, -0.2) is 77.6 Å². The Morgan fingerprint density at radius 2 is 1.71 bits per heavy atom. The molecule has 1 spiro atoms. The number of piperidine rings is 1. The zero-order valence-electron chi connectivity index (χ0n) is 16.7. The van der Waals surface area contributed by atoms with E-state index < -0.39 is 0 Å². The summed E-state index contributed by atoms with van der Waals surface area (Å²) in [6, 6.07) is 4.15. The normalized spacial score (nSPS) is 24.2. The van der Waals surface area contributed by atoms with E-state index in [1.54, 1.807) is 4.90 Å². The van der Waals surface area contributed by atoms with E-state index in [1.807, 2.05) is 24.2 Å². The zero-order valence-corrected chi connectivity index (χ0v) is 16.7. The third kappa shape index (κ3) is 3.99. The number of likely N-dealkylation sites (tertiary alicyclic amines) is 1. The molecule has 152 valence electrons. The van der Waals surface area contributed by atoms with E-state index in [-0.39, 0.29) is 17.4 Å². The predicted molar refractivity (Wildman–Crippen MR) is 104 cm³/mol. The number of hydrogen-bond acceptors (Lipinski definition) is 5. The molecule has 2 amide bonds. The molecule has 3 fully saturated rings. The van der Waals surface area contributed by atoms with Gasteiger partial charge in [-0.05, 0) is 62.4 Å². The highest BCUT2D eigenvalue weighted by Crippen LogP contribution is 2.60. The summed E-state index contributed by atoms with van der Waals surface area (Å²) >= 11 is 0. The number of carbonyl (C=O) groups is 2. The first-order valence-corrected chi connectivity index (χ1v) is 10.4. The van der Waals surface area contributed by atoms with Gasteiger partial charge in [0.2, 0.25) is 5.91 Å². The molecule has 0 unspecified atom stereocenters. The Kier molecular flexibility index (Phi) is 5.53. The molecule has 4 rings (SSSR count). The summed E-state index contributed by atoms with van der Waals surface area (Å²) in [4.78, 5) is 35.0. The number of carbonyl (C=O) groups excluding carboxylic acids is 2. The van der Waals surface area contributed by atoms with E-state index in [0.29, 0.717) is 38.7 Å². The Balaban J connectivity index is 1.23. The number of amides is 2. The Labute approximate surface area is 166 Å². The summed E-state index contributed by atoms with van der Waals surface area (Å²) in [6.07, 6.45) is 6.68. The minimum atomic E-state index is -0.265. The first kappa shape index (κ1) is 19.2. The molecular formula is C21H30N4O3.